The van der Waals surface area contributed by atoms with Crippen molar-refractivity contribution in [1.82, 2.24) is 0 Å². The topological polar surface area (TPSA) is 18.5 Å². The van der Waals surface area contributed by atoms with Crippen molar-refractivity contribution in [2.24, 2.45) is 0 Å². The van der Waals surface area contributed by atoms with Crippen molar-refractivity contribution in [3.05, 3.63) is 127 Å². The number of benzene rings is 4. The SMILES string of the molecule is C#Cc1c(C)cc(OCCCCCC)cc1C.CCCCCCOc1cc(C)c(C#Cc2ccc(CCCCC)c(F)c2F)c(C)c1.CCCCCc1ccc(C)c(F)c1F. The molecular formula is C55H72F4O2. The Hall–Kier alpha value is -4.68. The third kappa shape index (κ3) is 18.5. The van der Waals surface area contributed by atoms with Crippen LogP contribution in [0.15, 0.2) is 48.5 Å². The fourth-order valence-electron chi connectivity index (χ4n) is 6.90. The summed E-state index contributed by atoms with van der Waals surface area (Å²) >= 11 is 0. The number of rotatable bonds is 20. The van der Waals surface area contributed by atoms with E-state index in [9.17, 15) is 17.6 Å². The second-order valence-electron chi connectivity index (χ2n) is 16.1. The largest absolute Gasteiger partial charge is 0.494 e. The van der Waals surface area contributed by atoms with Gasteiger partial charge in [0.05, 0.1) is 18.8 Å². The van der Waals surface area contributed by atoms with Gasteiger partial charge >= 0.3 is 0 Å². The number of hydrogen-bond donors (Lipinski definition) is 0. The lowest BCUT2D eigenvalue weighted by Gasteiger charge is -2.10. The van der Waals surface area contributed by atoms with Crippen LogP contribution in [0, 0.1) is 82.1 Å². The quantitative estimate of drug-likeness (QED) is 0.0501. The third-order valence-electron chi connectivity index (χ3n) is 10.6. The van der Waals surface area contributed by atoms with E-state index in [0.29, 0.717) is 36.1 Å². The molecule has 0 amide bonds. The average Bonchev–Trinajstić information content (AvgIpc) is 3.23. The molecule has 332 valence electrons. The zero-order valence-electron chi connectivity index (χ0n) is 38.8. The molecule has 0 radical (unpaired) electrons. The molecule has 0 spiro atoms. The highest BCUT2D eigenvalue weighted by Gasteiger charge is 2.13. The minimum atomic E-state index is -0.848. The lowest BCUT2D eigenvalue weighted by atomic mass is 10.0. The molecule has 0 heterocycles. The zero-order chi connectivity index (χ0) is 45.2. The minimum absolute atomic E-state index is 0.0989. The first-order valence-corrected chi connectivity index (χ1v) is 22.7. The van der Waals surface area contributed by atoms with Gasteiger partial charge in [0.1, 0.15) is 11.5 Å². The number of unbranched alkanes of at least 4 members (excludes halogenated alkanes) is 10. The van der Waals surface area contributed by atoms with Gasteiger partial charge in [0.2, 0.25) is 0 Å². The van der Waals surface area contributed by atoms with Crippen molar-refractivity contribution >= 4 is 0 Å². The number of hydrogen-bond acceptors (Lipinski definition) is 2. The Labute approximate surface area is 367 Å². The van der Waals surface area contributed by atoms with E-state index in [1.165, 1.54) is 38.5 Å². The molecule has 61 heavy (non-hydrogen) atoms. The van der Waals surface area contributed by atoms with Crippen molar-refractivity contribution in [3.63, 3.8) is 0 Å². The molecule has 4 rings (SSSR count). The van der Waals surface area contributed by atoms with Gasteiger partial charge in [0.15, 0.2) is 23.3 Å². The smallest absolute Gasteiger partial charge is 0.174 e. The highest BCUT2D eigenvalue weighted by Crippen LogP contribution is 2.24. The fraction of sp³-hybridized carbons (Fsp3) is 0.491. The van der Waals surface area contributed by atoms with Crippen LogP contribution in [0.4, 0.5) is 17.6 Å². The van der Waals surface area contributed by atoms with Crippen LogP contribution in [0.1, 0.15) is 173 Å². The second-order valence-corrected chi connectivity index (χ2v) is 16.1. The van der Waals surface area contributed by atoms with Crippen LogP contribution >= 0.6 is 0 Å². The van der Waals surface area contributed by atoms with Crippen molar-refractivity contribution in [2.45, 2.75) is 165 Å². The Morgan fingerprint density at radius 2 is 0.852 bits per heavy atom. The Kier molecular flexibility index (Phi) is 25.4. The molecule has 0 fully saturated rings. The highest BCUT2D eigenvalue weighted by atomic mass is 19.2. The summed E-state index contributed by atoms with van der Waals surface area (Å²) in [5.41, 5.74) is 7.42. The predicted molar refractivity (Wildman–Crippen MR) is 249 cm³/mol. The molecule has 6 heteroatoms. The van der Waals surface area contributed by atoms with Gasteiger partial charge in [0.25, 0.3) is 0 Å². The first kappa shape index (κ1) is 52.5. The van der Waals surface area contributed by atoms with Gasteiger partial charge in [-0.3, -0.25) is 0 Å². The summed E-state index contributed by atoms with van der Waals surface area (Å²) in [5.74, 6) is 7.38. The van der Waals surface area contributed by atoms with Crippen molar-refractivity contribution < 1.29 is 27.0 Å². The number of aryl methyl sites for hydroxylation is 7. The summed E-state index contributed by atoms with van der Waals surface area (Å²) in [5, 5.41) is 0. The van der Waals surface area contributed by atoms with Gasteiger partial charge in [-0.1, -0.05) is 128 Å². The maximum Gasteiger partial charge on any atom is 0.174 e. The molecular weight excluding hydrogens is 769 g/mol. The standard InChI is InChI=1S/C27H34F2O.C16H22O.C12H16F2/c1-5-7-9-11-17-30-24-18-20(3)25(21(4)19-24)16-15-23-14-13-22(12-10-8-6-2)26(28)27(23)29;1-5-7-8-9-10-17-15-11-13(3)16(6-2)14(4)12-15;1-3-4-5-6-10-8-7-9(2)11(13)12(10)14/h13-14,18-19H,5-12,17H2,1-4H3;2,11-12H,5,7-10H2,1,3-4H3;7-8H,3-6H2,1-2H3. The normalized spacial score (nSPS) is 10.4. The molecule has 0 bridgehead atoms. The van der Waals surface area contributed by atoms with E-state index in [2.05, 4.69) is 45.5 Å². The molecule has 0 N–H and O–H groups in total. The predicted octanol–water partition coefficient (Wildman–Crippen LogP) is 15.9. The number of ether oxygens (including phenoxy) is 2. The van der Waals surface area contributed by atoms with Gasteiger partial charge in [-0.15, -0.1) is 6.42 Å². The maximum absolute atomic E-state index is 14.5. The van der Waals surface area contributed by atoms with Gasteiger partial charge in [-0.2, -0.15) is 0 Å². The van der Waals surface area contributed by atoms with Crippen LogP contribution in [0.25, 0.3) is 0 Å². The molecule has 0 saturated carbocycles. The van der Waals surface area contributed by atoms with Crippen LogP contribution < -0.4 is 9.47 Å². The lowest BCUT2D eigenvalue weighted by Crippen LogP contribution is -2.00. The summed E-state index contributed by atoms with van der Waals surface area (Å²) in [7, 11) is 0. The Morgan fingerprint density at radius 3 is 1.30 bits per heavy atom. The van der Waals surface area contributed by atoms with Crippen molar-refractivity contribution in [2.75, 3.05) is 13.2 Å². The van der Waals surface area contributed by atoms with Gasteiger partial charge in [-0.25, -0.2) is 17.6 Å². The monoisotopic (exact) mass is 841 g/mol. The third-order valence-corrected chi connectivity index (χ3v) is 10.6. The van der Waals surface area contributed by atoms with Crippen LogP contribution in [0.3, 0.4) is 0 Å². The first-order valence-electron chi connectivity index (χ1n) is 22.7. The molecule has 0 aliphatic carbocycles. The van der Waals surface area contributed by atoms with E-state index in [0.717, 1.165) is 103 Å². The van der Waals surface area contributed by atoms with Gasteiger partial charge in [0, 0.05) is 11.1 Å². The molecule has 4 aromatic carbocycles. The number of halogens is 4. The summed E-state index contributed by atoms with van der Waals surface area (Å²) in [6, 6.07) is 14.6. The first-order chi connectivity index (χ1) is 29.3. The second kappa shape index (κ2) is 29.6. The Balaban J connectivity index is 0.000000348. The lowest BCUT2D eigenvalue weighted by molar-refractivity contribution is 0.304. The molecule has 0 aliphatic rings. The van der Waals surface area contributed by atoms with Gasteiger partial charge in [-0.05, 0) is 142 Å². The molecule has 0 atom stereocenters. The average molecular weight is 841 g/mol. The fourth-order valence-corrected chi connectivity index (χ4v) is 6.90. The summed E-state index contributed by atoms with van der Waals surface area (Å²) < 4.78 is 66.9. The van der Waals surface area contributed by atoms with Crippen LogP contribution in [0.2, 0.25) is 0 Å². The van der Waals surface area contributed by atoms with E-state index >= 15 is 0 Å². The Morgan fingerprint density at radius 1 is 0.443 bits per heavy atom. The van der Waals surface area contributed by atoms with Crippen molar-refractivity contribution in [3.8, 4) is 35.7 Å². The summed E-state index contributed by atoms with van der Waals surface area (Å²) in [6.45, 7) is 19.7. The maximum atomic E-state index is 14.5. The van der Waals surface area contributed by atoms with E-state index in [-0.39, 0.29) is 5.56 Å². The molecule has 0 unspecified atom stereocenters. The molecule has 0 aromatic heterocycles. The molecule has 0 saturated heterocycles. The summed E-state index contributed by atoms with van der Waals surface area (Å²) in [6.07, 6.45) is 22.3. The minimum Gasteiger partial charge on any atom is -0.494 e. The summed E-state index contributed by atoms with van der Waals surface area (Å²) in [4.78, 5) is 0. The molecule has 2 nitrogen and oxygen atoms in total. The van der Waals surface area contributed by atoms with E-state index in [1.54, 1.807) is 31.2 Å². The van der Waals surface area contributed by atoms with E-state index in [4.69, 9.17) is 15.9 Å². The van der Waals surface area contributed by atoms with E-state index in [1.807, 2.05) is 52.0 Å². The molecule has 4 aromatic rings. The number of terminal acetylenes is 1. The Bertz CT molecular complexity index is 1980. The van der Waals surface area contributed by atoms with E-state index < -0.39 is 23.3 Å². The van der Waals surface area contributed by atoms with Gasteiger partial charge < -0.3 is 9.47 Å². The van der Waals surface area contributed by atoms with Crippen LogP contribution in [-0.2, 0) is 12.8 Å². The highest BCUT2D eigenvalue weighted by molar-refractivity contribution is 5.53. The van der Waals surface area contributed by atoms with Crippen molar-refractivity contribution in [1.29, 1.82) is 0 Å². The zero-order valence-corrected chi connectivity index (χ0v) is 38.8. The van der Waals surface area contributed by atoms with Crippen LogP contribution in [0.5, 0.6) is 11.5 Å². The molecule has 0 aliphatic heterocycles. The van der Waals surface area contributed by atoms with Crippen LogP contribution in [-0.4, -0.2) is 13.2 Å².